The summed E-state index contributed by atoms with van der Waals surface area (Å²) in [6.07, 6.45) is 7.97. The van der Waals surface area contributed by atoms with Crippen molar-refractivity contribution in [2.75, 3.05) is 4.90 Å². The van der Waals surface area contributed by atoms with Gasteiger partial charge in [-0.2, -0.15) is 9.47 Å². The molecular weight excluding hydrogens is 356 g/mol. The minimum atomic E-state index is 0.110. The quantitative estimate of drug-likeness (QED) is 0.748. The lowest BCUT2D eigenvalue weighted by Gasteiger charge is -2.29. The van der Waals surface area contributed by atoms with Crippen LogP contribution in [0.1, 0.15) is 24.2 Å². The standard InChI is InChI=1S/C20H18N6S/c1-13-10-20(27-23-13)25-9-7-18-19(12-25)26(24-22-18)14(2)15-5-6-17-16(11-15)4-3-8-21-17/h3-12,14,24H,1-2H3. The summed E-state index contributed by atoms with van der Waals surface area (Å²) in [4.78, 5) is 6.50. The van der Waals surface area contributed by atoms with Crippen molar-refractivity contribution in [2.45, 2.75) is 19.9 Å². The molecule has 7 heteroatoms. The summed E-state index contributed by atoms with van der Waals surface area (Å²) in [5.74, 6) is 0. The fourth-order valence-electron chi connectivity index (χ4n) is 3.33. The zero-order chi connectivity index (χ0) is 18.4. The number of hydrogen-bond donors (Lipinski definition) is 1. The monoisotopic (exact) mass is 374 g/mol. The van der Waals surface area contributed by atoms with Crippen LogP contribution in [0.25, 0.3) is 10.9 Å². The summed E-state index contributed by atoms with van der Waals surface area (Å²) < 4.78 is 4.38. The van der Waals surface area contributed by atoms with Crippen LogP contribution in [0.3, 0.4) is 0 Å². The Labute approximate surface area is 161 Å². The van der Waals surface area contributed by atoms with E-state index >= 15 is 0 Å². The number of aryl methyl sites for hydroxylation is 1. The number of nitrogens with one attached hydrogen (secondary N) is 1. The molecule has 0 bridgehead atoms. The number of fused-ring (bicyclic) bond motifs is 2. The molecule has 6 nitrogen and oxygen atoms in total. The average Bonchev–Trinajstić information content (AvgIpc) is 3.32. The first-order chi connectivity index (χ1) is 13.2. The third kappa shape index (κ3) is 2.76. The van der Waals surface area contributed by atoms with Crippen LogP contribution in [0.2, 0.25) is 0 Å². The lowest BCUT2D eigenvalue weighted by atomic mass is 10.0. The fourth-order valence-corrected chi connectivity index (χ4v) is 4.05. The van der Waals surface area contributed by atoms with Gasteiger partial charge < -0.3 is 4.90 Å². The minimum Gasteiger partial charge on any atom is -0.312 e. The van der Waals surface area contributed by atoms with E-state index < -0.39 is 0 Å². The Bertz CT molecular complexity index is 1110. The molecule has 134 valence electrons. The second-order valence-electron chi connectivity index (χ2n) is 6.64. The van der Waals surface area contributed by atoms with Crippen molar-refractivity contribution >= 4 is 33.1 Å². The predicted octanol–water partition coefficient (Wildman–Crippen LogP) is 4.11. The number of allylic oxidation sites excluding steroid dienone is 1. The second kappa shape index (κ2) is 6.21. The van der Waals surface area contributed by atoms with E-state index in [-0.39, 0.29) is 6.04 Å². The van der Waals surface area contributed by atoms with Gasteiger partial charge in [0.05, 0.1) is 17.3 Å². The molecule has 2 aliphatic rings. The largest absolute Gasteiger partial charge is 0.312 e. The van der Waals surface area contributed by atoms with Crippen molar-refractivity contribution in [3.8, 4) is 0 Å². The van der Waals surface area contributed by atoms with E-state index in [9.17, 15) is 0 Å². The van der Waals surface area contributed by atoms with Gasteiger partial charge in [-0.05, 0) is 61.3 Å². The number of rotatable bonds is 3. The molecule has 0 amide bonds. The SMILES string of the molecule is Cc1cc(N2C=CC3=NNN(C(C)c4ccc5ncccc5c4)C3=C2)sn1. The van der Waals surface area contributed by atoms with Crippen molar-refractivity contribution in [3.05, 3.63) is 78.0 Å². The Hall–Kier alpha value is -3.19. The molecule has 0 spiro atoms. The number of pyridine rings is 1. The van der Waals surface area contributed by atoms with Gasteiger partial charge in [0.15, 0.2) is 0 Å². The normalized spacial score (nSPS) is 16.8. The van der Waals surface area contributed by atoms with E-state index in [1.807, 2.05) is 31.5 Å². The topological polar surface area (TPSA) is 56.6 Å². The highest BCUT2D eigenvalue weighted by atomic mass is 32.1. The predicted molar refractivity (Wildman–Crippen MR) is 109 cm³/mol. The number of nitrogens with zero attached hydrogens (tertiary/aromatic N) is 5. The van der Waals surface area contributed by atoms with Gasteiger partial charge in [-0.25, -0.2) is 5.53 Å². The third-order valence-corrected chi connectivity index (χ3v) is 5.72. The number of benzene rings is 1. The number of hydrazine groups is 1. The molecule has 1 atom stereocenters. The van der Waals surface area contributed by atoms with Gasteiger partial charge in [-0.3, -0.25) is 9.99 Å². The summed E-state index contributed by atoms with van der Waals surface area (Å²) in [5, 5.41) is 8.79. The van der Waals surface area contributed by atoms with Crippen molar-refractivity contribution in [3.63, 3.8) is 0 Å². The molecule has 4 heterocycles. The van der Waals surface area contributed by atoms with Gasteiger partial charge >= 0.3 is 0 Å². The molecule has 5 rings (SSSR count). The average molecular weight is 374 g/mol. The van der Waals surface area contributed by atoms with Crippen LogP contribution in [0.4, 0.5) is 5.00 Å². The maximum absolute atomic E-state index is 4.47. The van der Waals surface area contributed by atoms with E-state index in [1.165, 1.54) is 17.1 Å². The van der Waals surface area contributed by atoms with E-state index in [4.69, 9.17) is 0 Å². The Morgan fingerprint density at radius 3 is 2.96 bits per heavy atom. The molecular formula is C20H18N6S. The highest BCUT2D eigenvalue weighted by Gasteiger charge is 2.29. The van der Waals surface area contributed by atoms with Crippen LogP contribution in [-0.2, 0) is 0 Å². The summed E-state index contributed by atoms with van der Waals surface area (Å²) in [5.41, 5.74) is 8.38. The van der Waals surface area contributed by atoms with Crippen molar-refractivity contribution in [2.24, 2.45) is 5.10 Å². The molecule has 0 saturated carbocycles. The summed E-state index contributed by atoms with van der Waals surface area (Å²) in [6.45, 7) is 4.18. The second-order valence-corrected chi connectivity index (χ2v) is 7.43. The molecule has 0 fully saturated rings. The zero-order valence-electron chi connectivity index (χ0n) is 15.0. The molecule has 2 aliphatic heterocycles. The maximum atomic E-state index is 4.47. The van der Waals surface area contributed by atoms with Gasteiger partial charge in [0.2, 0.25) is 0 Å². The first-order valence-corrected chi connectivity index (χ1v) is 9.56. The van der Waals surface area contributed by atoms with E-state index in [1.54, 1.807) is 0 Å². The molecule has 0 aliphatic carbocycles. The lowest BCUT2D eigenvalue weighted by Crippen LogP contribution is -2.34. The van der Waals surface area contributed by atoms with Crippen LogP contribution in [0.15, 0.2) is 71.9 Å². The molecule has 1 N–H and O–H groups in total. The smallest absolute Gasteiger partial charge is 0.120 e. The van der Waals surface area contributed by atoms with Gasteiger partial charge in [0.25, 0.3) is 0 Å². The molecule has 0 radical (unpaired) electrons. The van der Waals surface area contributed by atoms with Gasteiger partial charge in [-0.15, -0.1) is 0 Å². The number of aromatic nitrogens is 2. The molecule has 2 aromatic heterocycles. The number of hydrazone groups is 1. The number of anilines is 1. The summed E-state index contributed by atoms with van der Waals surface area (Å²) >= 11 is 1.49. The molecule has 1 unspecified atom stereocenters. The molecule has 3 aromatic rings. The Balaban J connectivity index is 1.47. The van der Waals surface area contributed by atoms with Crippen LogP contribution >= 0.6 is 11.5 Å². The van der Waals surface area contributed by atoms with Gasteiger partial charge in [0.1, 0.15) is 16.4 Å². The molecule has 27 heavy (non-hydrogen) atoms. The first kappa shape index (κ1) is 16.0. The van der Waals surface area contributed by atoms with Crippen molar-refractivity contribution in [1.29, 1.82) is 0 Å². The Morgan fingerprint density at radius 1 is 1.19 bits per heavy atom. The molecule has 0 saturated heterocycles. The van der Waals surface area contributed by atoms with Crippen LogP contribution in [0, 0.1) is 6.92 Å². The van der Waals surface area contributed by atoms with Crippen LogP contribution in [0.5, 0.6) is 0 Å². The van der Waals surface area contributed by atoms with Crippen molar-refractivity contribution < 1.29 is 0 Å². The van der Waals surface area contributed by atoms with Gasteiger partial charge in [-0.1, -0.05) is 12.1 Å². The summed E-state index contributed by atoms with van der Waals surface area (Å²) in [6, 6.07) is 12.6. The number of hydrogen-bond acceptors (Lipinski definition) is 7. The minimum absolute atomic E-state index is 0.110. The third-order valence-electron chi connectivity index (χ3n) is 4.82. The molecule has 1 aromatic carbocycles. The first-order valence-electron chi connectivity index (χ1n) is 8.78. The van der Waals surface area contributed by atoms with Crippen LogP contribution < -0.4 is 10.4 Å². The van der Waals surface area contributed by atoms with E-state index in [0.29, 0.717) is 0 Å². The van der Waals surface area contributed by atoms with Crippen molar-refractivity contribution in [1.82, 2.24) is 19.9 Å². The highest BCUT2D eigenvalue weighted by molar-refractivity contribution is 7.10. The van der Waals surface area contributed by atoms with E-state index in [0.717, 1.165) is 33.0 Å². The summed E-state index contributed by atoms with van der Waals surface area (Å²) in [7, 11) is 0. The highest BCUT2D eigenvalue weighted by Crippen LogP contribution is 2.32. The fraction of sp³-hybridized carbons (Fsp3) is 0.150. The Kier molecular flexibility index (Phi) is 3.68. The van der Waals surface area contributed by atoms with Crippen LogP contribution in [-0.4, -0.2) is 20.1 Å². The van der Waals surface area contributed by atoms with Gasteiger partial charge in [0, 0.05) is 24.0 Å². The zero-order valence-corrected chi connectivity index (χ0v) is 15.8. The van der Waals surface area contributed by atoms with E-state index in [2.05, 4.69) is 73.4 Å². The Morgan fingerprint density at radius 2 is 2.11 bits per heavy atom. The lowest BCUT2D eigenvalue weighted by molar-refractivity contribution is 0.217. The maximum Gasteiger partial charge on any atom is 0.120 e.